The van der Waals surface area contributed by atoms with Crippen LogP contribution < -0.4 is 5.32 Å². The molecule has 1 saturated heterocycles. The molecule has 1 aliphatic rings. The number of ketones is 1. The van der Waals surface area contributed by atoms with E-state index in [-0.39, 0.29) is 11.7 Å². The molecule has 146 valence electrons. The average molecular weight is 385 g/mol. The van der Waals surface area contributed by atoms with Crippen molar-refractivity contribution in [3.8, 4) is 0 Å². The van der Waals surface area contributed by atoms with Crippen LogP contribution in [-0.2, 0) is 4.79 Å². The lowest BCUT2D eigenvalue weighted by molar-refractivity contribution is -0.422. The lowest BCUT2D eigenvalue weighted by atomic mass is 9.93. The van der Waals surface area contributed by atoms with Crippen LogP contribution in [0.2, 0.25) is 0 Å². The van der Waals surface area contributed by atoms with E-state index in [9.17, 15) is 29.8 Å². The van der Waals surface area contributed by atoms with Gasteiger partial charge in [0, 0.05) is 24.2 Å². The fourth-order valence-electron chi connectivity index (χ4n) is 2.77. The summed E-state index contributed by atoms with van der Waals surface area (Å²) in [6.45, 7) is 0.692. The molecule has 1 unspecified atom stereocenters. The molecule has 0 spiro atoms. The highest BCUT2D eigenvalue weighted by molar-refractivity contribution is 6.10. The molecule has 1 N–H and O–H groups in total. The van der Waals surface area contributed by atoms with Gasteiger partial charge in [0.05, 0.1) is 9.85 Å². The van der Waals surface area contributed by atoms with Crippen LogP contribution in [0.3, 0.4) is 0 Å². The Balaban J connectivity index is 0.000000209. The fourth-order valence-corrected chi connectivity index (χ4v) is 2.77. The number of nitrogens with one attached hydrogen (secondary N) is 1. The van der Waals surface area contributed by atoms with Crippen LogP contribution in [0.1, 0.15) is 29.6 Å². The number of hydrogen-bond donors (Lipinski definition) is 1. The number of Topliss-reactive ketones (excluding diaryl/α,β-unsaturated/α-hetero) is 1. The summed E-state index contributed by atoms with van der Waals surface area (Å²) in [4.78, 5) is 42.7. The Morgan fingerprint density at radius 1 is 0.893 bits per heavy atom. The number of rotatable bonds is 4. The van der Waals surface area contributed by atoms with Crippen molar-refractivity contribution < 1.29 is 19.4 Å². The van der Waals surface area contributed by atoms with Gasteiger partial charge in [-0.2, -0.15) is 0 Å². The first-order chi connectivity index (χ1) is 13.4. The van der Waals surface area contributed by atoms with Gasteiger partial charge in [0.15, 0.2) is 5.78 Å². The Hall–Kier alpha value is -3.62. The van der Waals surface area contributed by atoms with Crippen molar-refractivity contribution >= 4 is 23.1 Å². The van der Waals surface area contributed by atoms with Gasteiger partial charge < -0.3 is 5.32 Å². The second kappa shape index (κ2) is 9.91. The minimum absolute atomic E-state index is 0.0556. The predicted molar refractivity (Wildman–Crippen MR) is 101 cm³/mol. The number of carbonyl (C=O) groups is 2. The van der Waals surface area contributed by atoms with E-state index in [0.717, 1.165) is 25.0 Å². The molecule has 3 rings (SSSR count). The Labute approximate surface area is 160 Å². The van der Waals surface area contributed by atoms with Crippen molar-refractivity contribution in [2.45, 2.75) is 19.3 Å². The number of carbonyl (C=O) groups excluding carboxylic acids is 2. The highest BCUT2D eigenvalue weighted by Gasteiger charge is 2.28. The smallest absolute Gasteiger partial charge is 0.346 e. The summed E-state index contributed by atoms with van der Waals surface area (Å²) in [6, 6.07) is 14.0. The van der Waals surface area contributed by atoms with Crippen LogP contribution in [0.25, 0.3) is 0 Å². The zero-order chi connectivity index (χ0) is 20.5. The monoisotopic (exact) mass is 385 g/mol. The van der Waals surface area contributed by atoms with Crippen LogP contribution in [0.15, 0.2) is 54.6 Å². The van der Waals surface area contributed by atoms with E-state index in [0.29, 0.717) is 18.5 Å². The van der Waals surface area contributed by atoms with Gasteiger partial charge in [0.2, 0.25) is 5.91 Å². The Kier molecular flexibility index (Phi) is 7.32. The average Bonchev–Trinajstić information content (AvgIpc) is 2.93. The van der Waals surface area contributed by atoms with Crippen molar-refractivity contribution in [1.29, 1.82) is 0 Å². The Bertz CT molecular complexity index is 836. The number of para-hydroxylation sites is 2. The molecule has 0 saturated carbocycles. The van der Waals surface area contributed by atoms with Crippen molar-refractivity contribution in [3.05, 3.63) is 80.4 Å². The molecule has 2 aromatic carbocycles. The molecule has 1 fully saturated rings. The van der Waals surface area contributed by atoms with Crippen LogP contribution in [0.4, 0.5) is 11.4 Å². The van der Waals surface area contributed by atoms with Crippen molar-refractivity contribution in [1.82, 2.24) is 5.32 Å². The third-order valence-electron chi connectivity index (χ3n) is 4.19. The van der Waals surface area contributed by atoms with Crippen molar-refractivity contribution in [2.24, 2.45) is 5.92 Å². The third kappa shape index (κ3) is 5.44. The van der Waals surface area contributed by atoms with Crippen LogP contribution in [0, 0.1) is 26.1 Å². The van der Waals surface area contributed by atoms with Gasteiger partial charge in [-0.1, -0.05) is 48.9 Å². The minimum Gasteiger partial charge on any atom is -0.355 e. The molecule has 0 radical (unpaired) electrons. The molecule has 28 heavy (non-hydrogen) atoms. The summed E-state index contributed by atoms with van der Waals surface area (Å²) in [7, 11) is 0. The van der Waals surface area contributed by atoms with Gasteiger partial charge >= 0.3 is 11.4 Å². The van der Waals surface area contributed by atoms with E-state index < -0.39 is 27.1 Å². The maximum Gasteiger partial charge on any atom is 0.346 e. The number of nitro benzene ring substituents is 2. The second-order valence-corrected chi connectivity index (χ2v) is 6.07. The molecule has 1 aliphatic heterocycles. The summed E-state index contributed by atoms with van der Waals surface area (Å²) < 4.78 is 0. The third-order valence-corrected chi connectivity index (χ3v) is 4.19. The Morgan fingerprint density at radius 2 is 1.43 bits per heavy atom. The van der Waals surface area contributed by atoms with Crippen LogP contribution >= 0.6 is 0 Å². The predicted octanol–water partition coefficient (Wildman–Crippen LogP) is 3.29. The number of nitrogens with zero attached hydrogens (tertiary/aromatic N) is 2. The van der Waals surface area contributed by atoms with Gasteiger partial charge in [-0.05, 0) is 12.8 Å². The molecule has 1 heterocycles. The number of amides is 1. The standard InChI is InChI=1S/C13H15NO2.C6H4N2O4/c15-12(10-6-2-1-3-7-10)11-8-4-5-9-14-13(11)16;9-7(10)5-3-1-2-4-6(5)8(11)12/h1-3,6-7,11H,4-5,8-9H2,(H,14,16);1-4H. The summed E-state index contributed by atoms with van der Waals surface area (Å²) in [5, 5.41) is 23.2. The zero-order valence-electron chi connectivity index (χ0n) is 14.9. The van der Waals surface area contributed by atoms with E-state index in [1.165, 1.54) is 12.1 Å². The summed E-state index contributed by atoms with van der Waals surface area (Å²) in [6.07, 6.45) is 2.56. The van der Waals surface area contributed by atoms with Crippen LogP contribution in [0.5, 0.6) is 0 Å². The van der Waals surface area contributed by atoms with E-state index in [1.54, 1.807) is 12.1 Å². The lowest BCUT2D eigenvalue weighted by Gasteiger charge is -2.11. The van der Waals surface area contributed by atoms with Gasteiger partial charge in [-0.15, -0.1) is 0 Å². The maximum absolute atomic E-state index is 12.1. The highest BCUT2D eigenvalue weighted by Crippen LogP contribution is 2.24. The normalized spacial score (nSPS) is 16.0. The summed E-state index contributed by atoms with van der Waals surface area (Å²) in [5.74, 6) is -0.670. The van der Waals surface area contributed by atoms with Crippen LogP contribution in [-0.4, -0.2) is 28.1 Å². The first kappa shape index (κ1) is 20.7. The molecule has 1 amide bonds. The zero-order valence-corrected chi connectivity index (χ0v) is 14.9. The van der Waals surface area contributed by atoms with E-state index in [4.69, 9.17) is 0 Å². The van der Waals surface area contributed by atoms with E-state index >= 15 is 0 Å². The van der Waals surface area contributed by atoms with Gasteiger partial charge in [-0.25, -0.2) is 0 Å². The summed E-state index contributed by atoms with van der Waals surface area (Å²) >= 11 is 0. The number of benzene rings is 2. The molecule has 1 atom stereocenters. The molecule has 0 bridgehead atoms. The van der Waals surface area contributed by atoms with Gasteiger partial charge in [-0.3, -0.25) is 29.8 Å². The molecule has 9 nitrogen and oxygen atoms in total. The first-order valence-electron chi connectivity index (χ1n) is 8.66. The fraction of sp³-hybridized carbons (Fsp3) is 0.263. The highest BCUT2D eigenvalue weighted by atomic mass is 16.6. The number of hydrogen-bond acceptors (Lipinski definition) is 6. The second-order valence-electron chi connectivity index (χ2n) is 6.07. The molecular weight excluding hydrogens is 366 g/mol. The molecule has 0 aliphatic carbocycles. The minimum atomic E-state index is -0.780. The van der Waals surface area contributed by atoms with Gasteiger partial charge in [0.25, 0.3) is 0 Å². The van der Waals surface area contributed by atoms with Crippen molar-refractivity contribution in [2.75, 3.05) is 6.54 Å². The quantitative estimate of drug-likeness (QED) is 0.372. The molecule has 9 heteroatoms. The van der Waals surface area contributed by atoms with E-state index in [2.05, 4.69) is 5.32 Å². The molecule has 0 aromatic heterocycles. The van der Waals surface area contributed by atoms with Gasteiger partial charge in [0.1, 0.15) is 5.92 Å². The summed E-state index contributed by atoms with van der Waals surface area (Å²) in [5.41, 5.74) is -0.338. The molecular formula is C19H19N3O6. The SMILES string of the molecule is O=C1NCCCCC1C(=O)c1ccccc1.O=[N+]([O-])c1ccccc1[N+](=O)[O-]. The Morgan fingerprint density at radius 3 is 1.96 bits per heavy atom. The van der Waals surface area contributed by atoms with Crippen molar-refractivity contribution in [3.63, 3.8) is 0 Å². The maximum atomic E-state index is 12.1. The number of nitro groups is 2. The lowest BCUT2D eigenvalue weighted by Crippen LogP contribution is -2.33. The largest absolute Gasteiger partial charge is 0.355 e. The van der Waals surface area contributed by atoms with E-state index in [1.807, 2.05) is 18.2 Å². The molecule has 2 aromatic rings. The topological polar surface area (TPSA) is 132 Å². The first-order valence-corrected chi connectivity index (χ1v) is 8.66.